The monoisotopic (exact) mass is 428 g/mol. The van der Waals surface area contributed by atoms with E-state index in [9.17, 15) is 9.59 Å². The molecule has 0 aromatic heterocycles. The molecule has 1 aliphatic rings. The van der Waals surface area contributed by atoms with Gasteiger partial charge < -0.3 is 9.47 Å². The molecular formula is C22H21BrO4. The number of hydrogen-bond donors (Lipinski definition) is 0. The number of cyclic esters (lactones) is 1. The zero-order valence-electron chi connectivity index (χ0n) is 15.5. The first-order chi connectivity index (χ1) is 12.9. The minimum absolute atomic E-state index is 0.0562. The van der Waals surface area contributed by atoms with Gasteiger partial charge in [0.15, 0.2) is 0 Å². The maximum atomic E-state index is 13.1. The summed E-state index contributed by atoms with van der Waals surface area (Å²) in [6.07, 6.45) is 1.70. The van der Waals surface area contributed by atoms with E-state index >= 15 is 0 Å². The Bertz CT molecular complexity index is 884. The fraction of sp³-hybridized carbons (Fsp3) is 0.273. The first-order valence-corrected chi connectivity index (χ1v) is 9.59. The zero-order chi connectivity index (χ0) is 19.6. The van der Waals surface area contributed by atoms with Crippen molar-refractivity contribution >= 4 is 27.9 Å². The Morgan fingerprint density at radius 1 is 1.15 bits per heavy atom. The van der Waals surface area contributed by atoms with Gasteiger partial charge in [-0.25, -0.2) is 4.79 Å². The van der Waals surface area contributed by atoms with E-state index in [1.807, 2.05) is 62.4 Å². The number of rotatable bonds is 4. The Morgan fingerprint density at radius 3 is 2.37 bits per heavy atom. The van der Waals surface area contributed by atoms with Crippen LogP contribution < -0.4 is 0 Å². The normalized spacial score (nSPS) is 22.0. The number of benzene rings is 2. The van der Waals surface area contributed by atoms with Crippen LogP contribution in [0.5, 0.6) is 0 Å². The quantitative estimate of drug-likeness (QED) is 0.656. The molecule has 5 heteroatoms. The van der Waals surface area contributed by atoms with E-state index in [-0.39, 0.29) is 18.3 Å². The Balaban J connectivity index is 2.15. The number of halogens is 1. The van der Waals surface area contributed by atoms with Gasteiger partial charge in [0.1, 0.15) is 5.41 Å². The average Bonchev–Trinajstić information content (AvgIpc) is 2.65. The van der Waals surface area contributed by atoms with Gasteiger partial charge in [-0.15, -0.1) is 0 Å². The Kier molecular flexibility index (Phi) is 5.51. The summed E-state index contributed by atoms with van der Waals surface area (Å²) in [5.41, 5.74) is 1.90. The summed E-state index contributed by atoms with van der Waals surface area (Å²) < 4.78 is 11.4. The number of aryl methyl sites for hydroxylation is 1. The topological polar surface area (TPSA) is 52.6 Å². The molecule has 140 valence electrons. The SMILES string of the molecule is CCOC(=O)C1=C[C@H](c2ccc(Br)cc2)[C@](C)(c2ccc(C)cc2)C(=O)O1. The highest BCUT2D eigenvalue weighted by Crippen LogP contribution is 2.45. The number of carbonyl (C=O) groups excluding carboxylic acids is 2. The van der Waals surface area contributed by atoms with E-state index in [0.29, 0.717) is 0 Å². The maximum absolute atomic E-state index is 13.1. The van der Waals surface area contributed by atoms with Crippen LogP contribution in [0, 0.1) is 6.92 Å². The Morgan fingerprint density at radius 2 is 1.78 bits per heavy atom. The Hall–Kier alpha value is -2.40. The summed E-state index contributed by atoms with van der Waals surface area (Å²) in [6.45, 7) is 5.78. The van der Waals surface area contributed by atoms with E-state index < -0.39 is 17.4 Å². The lowest BCUT2D eigenvalue weighted by molar-refractivity contribution is -0.156. The fourth-order valence-electron chi connectivity index (χ4n) is 3.29. The molecule has 3 rings (SSSR count). The molecule has 2 aromatic carbocycles. The van der Waals surface area contributed by atoms with Crippen molar-refractivity contribution in [1.29, 1.82) is 0 Å². The summed E-state index contributed by atoms with van der Waals surface area (Å²) in [7, 11) is 0. The molecule has 0 bridgehead atoms. The molecular weight excluding hydrogens is 408 g/mol. The van der Waals surface area contributed by atoms with Gasteiger partial charge in [-0.3, -0.25) is 4.79 Å². The van der Waals surface area contributed by atoms with Crippen molar-refractivity contribution in [2.24, 2.45) is 0 Å². The van der Waals surface area contributed by atoms with Crippen LogP contribution in [-0.2, 0) is 24.5 Å². The highest BCUT2D eigenvalue weighted by molar-refractivity contribution is 9.10. The largest absolute Gasteiger partial charge is 0.460 e. The second kappa shape index (κ2) is 7.69. The molecule has 2 atom stereocenters. The molecule has 0 aliphatic carbocycles. The molecule has 0 saturated heterocycles. The van der Waals surface area contributed by atoms with Crippen molar-refractivity contribution in [3.8, 4) is 0 Å². The summed E-state index contributed by atoms with van der Waals surface area (Å²) in [4.78, 5) is 25.3. The lowest BCUT2D eigenvalue weighted by Gasteiger charge is -2.38. The molecule has 4 nitrogen and oxygen atoms in total. The van der Waals surface area contributed by atoms with E-state index in [1.54, 1.807) is 13.0 Å². The first-order valence-electron chi connectivity index (χ1n) is 8.80. The lowest BCUT2D eigenvalue weighted by atomic mass is 9.67. The number of hydrogen-bond acceptors (Lipinski definition) is 4. The van der Waals surface area contributed by atoms with E-state index in [2.05, 4.69) is 15.9 Å². The minimum atomic E-state index is -0.961. The summed E-state index contributed by atoms with van der Waals surface area (Å²) in [6, 6.07) is 15.5. The molecule has 0 saturated carbocycles. The van der Waals surface area contributed by atoms with Gasteiger partial charge in [-0.1, -0.05) is 57.9 Å². The summed E-state index contributed by atoms with van der Waals surface area (Å²) >= 11 is 3.44. The van der Waals surface area contributed by atoms with E-state index in [1.165, 1.54) is 0 Å². The Labute approximate surface area is 167 Å². The molecule has 0 spiro atoms. The van der Waals surface area contributed by atoms with Gasteiger partial charge in [0, 0.05) is 10.4 Å². The van der Waals surface area contributed by atoms with Crippen LogP contribution in [0.25, 0.3) is 0 Å². The van der Waals surface area contributed by atoms with Crippen molar-refractivity contribution in [2.45, 2.75) is 32.1 Å². The van der Waals surface area contributed by atoms with E-state index in [4.69, 9.17) is 9.47 Å². The summed E-state index contributed by atoms with van der Waals surface area (Å²) in [5.74, 6) is -1.52. The fourth-order valence-corrected chi connectivity index (χ4v) is 3.56. The maximum Gasteiger partial charge on any atom is 0.374 e. The molecule has 0 amide bonds. The van der Waals surface area contributed by atoms with Crippen LogP contribution in [-0.4, -0.2) is 18.5 Å². The van der Waals surface area contributed by atoms with Crippen LogP contribution >= 0.6 is 15.9 Å². The third-order valence-corrected chi connectivity index (χ3v) is 5.45. The number of carbonyl (C=O) groups is 2. The van der Waals surface area contributed by atoms with Gasteiger partial charge in [0.2, 0.25) is 5.76 Å². The number of ether oxygens (including phenoxy) is 2. The minimum Gasteiger partial charge on any atom is -0.460 e. The molecule has 1 heterocycles. The van der Waals surface area contributed by atoms with Crippen LogP contribution in [0.3, 0.4) is 0 Å². The van der Waals surface area contributed by atoms with Crippen molar-refractivity contribution in [3.05, 3.63) is 81.5 Å². The second-order valence-electron chi connectivity index (χ2n) is 6.74. The van der Waals surface area contributed by atoms with Crippen LogP contribution in [0.4, 0.5) is 0 Å². The predicted octanol–water partition coefficient (Wildman–Crippen LogP) is 4.80. The summed E-state index contributed by atoms with van der Waals surface area (Å²) in [5, 5.41) is 0. The third kappa shape index (κ3) is 3.69. The van der Waals surface area contributed by atoms with Gasteiger partial charge in [-0.05, 0) is 50.1 Å². The predicted molar refractivity (Wildman–Crippen MR) is 106 cm³/mol. The standard InChI is InChI=1S/C22H21BrO4/c1-4-26-20(24)19-13-18(15-7-11-17(23)12-8-15)22(3,21(25)27-19)16-9-5-14(2)6-10-16/h5-13,18H,4H2,1-3H3/t18-,22+/m1/s1. The number of allylic oxidation sites excluding steroid dienone is 1. The molecule has 0 radical (unpaired) electrons. The highest BCUT2D eigenvalue weighted by Gasteiger charge is 2.48. The van der Waals surface area contributed by atoms with Crippen molar-refractivity contribution in [1.82, 2.24) is 0 Å². The molecule has 27 heavy (non-hydrogen) atoms. The average molecular weight is 429 g/mol. The molecule has 0 fully saturated rings. The van der Waals surface area contributed by atoms with Crippen molar-refractivity contribution < 1.29 is 19.1 Å². The van der Waals surface area contributed by atoms with Crippen molar-refractivity contribution in [3.63, 3.8) is 0 Å². The van der Waals surface area contributed by atoms with Gasteiger partial charge in [0.05, 0.1) is 6.61 Å². The highest BCUT2D eigenvalue weighted by atomic mass is 79.9. The number of esters is 2. The third-order valence-electron chi connectivity index (χ3n) is 4.92. The van der Waals surface area contributed by atoms with E-state index in [0.717, 1.165) is 21.2 Å². The van der Waals surface area contributed by atoms with Gasteiger partial charge in [0.25, 0.3) is 0 Å². The van der Waals surface area contributed by atoms with Gasteiger partial charge >= 0.3 is 11.9 Å². The second-order valence-corrected chi connectivity index (χ2v) is 7.65. The molecule has 2 aromatic rings. The molecule has 1 aliphatic heterocycles. The first kappa shape index (κ1) is 19.4. The zero-order valence-corrected chi connectivity index (χ0v) is 17.1. The van der Waals surface area contributed by atoms with Crippen LogP contribution in [0.2, 0.25) is 0 Å². The van der Waals surface area contributed by atoms with Gasteiger partial charge in [-0.2, -0.15) is 0 Å². The lowest BCUT2D eigenvalue weighted by Crippen LogP contribution is -2.43. The smallest absolute Gasteiger partial charge is 0.374 e. The van der Waals surface area contributed by atoms with Crippen LogP contribution in [0.1, 0.15) is 36.5 Å². The molecule has 0 N–H and O–H groups in total. The molecule has 0 unspecified atom stereocenters. The van der Waals surface area contributed by atoms with Crippen molar-refractivity contribution in [2.75, 3.05) is 6.61 Å². The van der Waals surface area contributed by atoms with Crippen LogP contribution in [0.15, 0.2) is 64.8 Å².